The van der Waals surface area contributed by atoms with Crippen molar-refractivity contribution in [2.75, 3.05) is 44.7 Å². The second-order valence-electron chi connectivity index (χ2n) is 7.61. The predicted molar refractivity (Wildman–Crippen MR) is 123 cm³/mol. The minimum atomic E-state index is -0.163. The van der Waals surface area contributed by atoms with Crippen LogP contribution in [0.2, 0.25) is 0 Å². The Kier molecular flexibility index (Phi) is 6.82. The third-order valence-corrected chi connectivity index (χ3v) is 5.61. The van der Waals surface area contributed by atoms with Crippen LogP contribution in [0, 0.1) is 5.82 Å². The molecule has 0 unspecified atom stereocenters. The smallest absolute Gasteiger partial charge is 0.193 e. The van der Waals surface area contributed by atoms with E-state index in [1.54, 1.807) is 6.07 Å². The molecule has 4 rings (SSSR count). The number of anilines is 1. The van der Waals surface area contributed by atoms with Gasteiger partial charge in [0.25, 0.3) is 0 Å². The molecule has 1 fully saturated rings. The molecule has 2 aromatic carbocycles. The van der Waals surface area contributed by atoms with Gasteiger partial charge in [-0.3, -0.25) is 4.99 Å². The van der Waals surface area contributed by atoms with E-state index in [2.05, 4.69) is 53.9 Å². The number of imidazole rings is 1. The second kappa shape index (κ2) is 10.1. The van der Waals surface area contributed by atoms with Crippen LogP contribution in [0.3, 0.4) is 0 Å². The van der Waals surface area contributed by atoms with Gasteiger partial charge in [0.05, 0.1) is 5.69 Å². The fraction of sp³-hybridized carbons (Fsp3) is 0.333. The number of benzene rings is 2. The van der Waals surface area contributed by atoms with Crippen LogP contribution in [-0.2, 0) is 13.0 Å². The minimum Gasteiger partial charge on any atom is -0.366 e. The van der Waals surface area contributed by atoms with Crippen LogP contribution in [0.1, 0.15) is 11.4 Å². The lowest BCUT2D eigenvalue weighted by Gasteiger charge is -2.37. The summed E-state index contributed by atoms with van der Waals surface area (Å²) >= 11 is 0. The molecule has 0 bridgehead atoms. The number of aromatic nitrogens is 2. The molecule has 6 nitrogen and oxygen atoms in total. The van der Waals surface area contributed by atoms with Gasteiger partial charge in [0.15, 0.2) is 5.96 Å². The van der Waals surface area contributed by atoms with Crippen molar-refractivity contribution in [2.45, 2.75) is 13.0 Å². The topological polar surface area (TPSA) is 48.7 Å². The number of nitrogens with one attached hydrogen (secondary N) is 1. The largest absolute Gasteiger partial charge is 0.366 e. The monoisotopic (exact) mass is 420 g/mol. The summed E-state index contributed by atoms with van der Waals surface area (Å²) in [6.07, 6.45) is 4.70. The van der Waals surface area contributed by atoms with Crippen molar-refractivity contribution in [1.29, 1.82) is 0 Å². The molecular weight excluding hydrogens is 391 g/mol. The molecule has 3 aromatic rings. The van der Waals surface area contributed by atoms with Gasteiger partial charge >= 0.3 is 0 Å². The van der Waals surface area contributed by atoms with Gasteiger partial charge in [-0.2, -0.15) is 0 Å². The quantitative estimate of drug-likeness (QED) is 0.492. The van der Waals surface area contributed by atoms with Crippen molar-refractivity contribution < 1.29 is 4.39 Å². The van der Waals surface area contributed by atoms with Crippen molar-refractivity contribution in [1.82, 2.24) is 19.8 Å². The lowest BCUT2D eigenvalue weighted by molar-refractivity contribution is 0.371. The van der Waals surface area contributed by atoms with Crippen LogP contribution in [0.5, 0.6) is 0 Å². The van der Waals surface area contributed by atoms with Gasteiger partial charge < -0.3 is 19.7 Å². The Hall–Kier alpha value is -3.35. The highest BCUT2D eigenvalue weighted by Gasteiger charge is 2.21. The maximum atomic E-state index is 14.1. The number of hydrogen-bond donors (Lipinski definition) is 1. The summed E-state index contributed by atoms with van der Waals surface area (Å²) in [6, 6.07) is 17.4. The van der Waals surface area contributed by atoms with Gasteiger partial charge in [-0.05, 0) is 17.7 Å². The van der Waals surface area contributed by atoms with Gasteiger partial charge in [0, 0.05) is 65.1 Å². The molecule has 1 aliphatic heterocycles. The SMILES string of the molecule is CN=C(NCCc1nccn1Cc1ccccc1)N1CCN(c2ccccc2F)CC1. The zero-order chi connectivity index (χ0) is 21.5. The second-order valence-corrected chi connectivity index (χ2v) is 7.61. The van der Waals surface area contributed by atoms with Gasteiger partial charge in [-0.15, -0.1) is 0 Å². The molecule has 31 heavy (non-hydrogen) atoms. The first-order valence-electron chi connectivity index (χ1n) is 10.7. The van der Waals surface area contributed by atoms with E-state index in [0.717, 1.165) is 57.5 Å². The molecule has 0 radical (unpaired) electrons. The number of rotatable bonds is 6. The fourth-order valence-electron chi connectivity index (χ4n) is 3.98. The molecule has 1 saturated heterocycles. The number of guanidine groups is 1. The van der Waals surface area contributed by atoms with E-state index in [-0.39, 0.29) is 5.82 Å². The Labute approximate surface area is 183 Å². The molecular formula is C24H29FN6. The van der Waals surface area contributed by atoms with Crippen molar-refractivity contribution in [3.05, 3.63) is 84.2 Å². The van der Waals surface area contributed by atoms with Crippen LogP contribution in [0.15, 0.2) is 72.0 Å². The van der Waals surface area contributed by atoms with E-state index in [0.29, 0.717) is 5.69 Å². The van der Waals surface area contributed by atoms with E-state index in [9.17, 15) is 4.39 Å². The van der Waals surface area contributed by atoms with Crippen LogP contribution in [0.4, 0.5) is 10.1 Å². The number of nitrogens with zero attached hydrogens (tertiary/aromatic N) is 5. The molecule has 1 N–H and O–H groups in total. The third kappa shape index (κ3) is 5.23. The Morgan fingerprint density at radius 1 is 1.03 bits per heavy atom. The van der Waals surface area contributed by atoms with Gasteiger partial charge in [-0.25, -0.2) is 9.37 Å². The highest BCUT2D eigenvalue weighted by molar-refractivity contribution is 5.80. The molecule has 0 amide bonds. The summed E-state index contributed by atoms with van der Waals surface area (Å²) < 4.78 is 16.3. The van der Waals surface area contributed by atoms with E-state index >= 15 is 0 Å². The summed E-state index contributed by atoms with van der Waals surface area (Å²) in [7, 11) is 1.81. The first-order chi connectivity index (χ1) is 15.2. The van der Waals surface area contributed by atoms with Crippen LogP contribution in [0.25, 0.3) is 0 Å². The third-order valence-electron chi connectivity index (χ3n) is 5.61. The zero-order valence-corrected chi connectivity index (χ0v) is 17.9. The zero-order valence-electron chi connectivity index (χ0n) is 17.9. The summed E-state index contributed by atoms with van der Waals surface area (Å²) in [5.74, 6) is 1.77. The van der Waals surface area contributed by atoms with Crippen molar-refractivity contribution in [3.8, 4) is 0 Å². The van der Waals surface area contributed by atoms with E-state index in [1.165, 1.54) is 11.6 Å². The molecule has 0 spiro atoms. The molecule has 7 heteroatoms. The van der Waals surface area contributed by atoms with Gasteiger partial charge in [0.2, 0.25) is 0 Å². The molecule has 0 atom stereocenters. The first-order valence-corrected chi connectivity index (χ1v) is 10.7. The van der Waals surface area contributed by atoms with Crippen molar-refractivity contribution >= 4 is 11.6 Å². The van der Waals surface area contributed by atoms with E-state index in [1.807, 2.05) is 37.6 Å². The standard InChI is InChI=1S/C24H29FN6/c1-26-24(30-17-15-29(16-18-30)22-10-6-5-9-21(22)25)28-12-11-23-27-13-14-31(23)19-20-7-3-2-4-8-20/h2-10,13-14H,11-12,15-19H2,1H3,(H,26,28). The average molecular weight is 421 g/mol. The van der Waals surface area contributed by atoms with Gasteiger partial charge in [0.1, 0.15) is 11.6 Å². The minimum absolute atomic E-state index is 0.163. The Balaban J connectivity index is 1.27. The summed E-state index contributed by atoms with van der Waals surface area (Å²) in [5, 5.41) is 3.46. The Morgan fingerprint density at radius 2 is 1.77 bits per heavy atom. The summed E-state index contributed by atoms with van der Waals surface area (Å²) in [4.78, 5) is 13.3. The van der Waals surface area contributed by atoms with Gasteiger partial charge in [-0.1, -0.05) is 42.5 Å². The fourth-order valence-corrected chi connectivity index (χ4v) is 3.98. The first kappa shape index (κ1) is 20.9. The summed E-state index contributed by atoms with van der Waals surface area (Å²) in [6.45, 7) is 4.72. The normalized spacial score (nSPS) is 14.7. The maximum absolute atomic E-state index is 14.1. The maximum Gasteiger partial charge on any atom is 0.193 e. The Bertz CT molecular complexity index is 992. The molecule has 0 aliphatic carbocycles. The van der Waals surface area contributed by atoms with Crippen molar-refractivity contribution in [2.24, 2.45) is 4.99 Å². The number of para-hydroxylation sites is 1. The van der Waals surface area contributed by atoms with E-state index in [4.69, 9.17) is 0 Å². The molecule has 0 saturated carbocycles. The molecule has 1 aromatic heterocycles. The van der Waals surface area contributed by atoms with E-state index < -0.39 is 0 Å². The molecule has 1 aliphatic rings. The predicted octanol–water partition coefficient (Wildman–Crippen LogP) is 3.01. The van der Waals surface area contributed by atoms with Crippen LogP contribution >= 0.6 is 0 Å². The highest BCUT2D eigenvalue weighted by atomic mass is 19.1. The number of aliphatic imine (C=N–C) groups is 1. The molecule has 162 valence electrons. The van der Waals surface area contributed by atoms with Crippen LogP contribution in [-0.4, -0.2) is 60.2 Å². The number of halogens is 1. The lowest BCUT2D eigenvalue weighted by Crippen LogP contribution is -2.53. The van der Waals surface area contributed by atoms with Crippen LogP contribution < -0.4 is 10.2 Å². The molecule has 2 heterocycles. The van der Waals surface area contributed by atoms with Crippen molar-refractivity contribution in [3.63, 3.8) is 0 Å². The summed E-state index contributed by atoms with van der Waals surface area (Å²) in [5.41, 5.74) is 1.94. The number of hydrogen-bond acceptors (Lipinski definition) is 3. The average Bonchev–Trinajstić information content (AvgIpc) is 3.25. The number of piperazine rings is 1. The Morgan fingerprint density at radius 3 is 2.52 bits per heavy atom. The lowest BCUT2D eigenvalue weighted by atomic mass is 10.2. The highest BCUT2D eigenvalue weighted by Crippen LogP contribution is 2.20.